The Morgan fingerprint density at radius 2 is 2.15 bits per heavy atom. The number of aromatic nitrogens is 1. The second-order valence-corrected chi connectivity index (χ2v) is 7.75. The maximum atomic E-state index is 13.3. The number of aryl methyl sites for hydroxylation is 1. The Balaban J connectivity index is 1.65. The van der Waals surface area contributed by atoms with Crippen molar-refractivity contribution in [3.8, 4) is 5.95 Å². The second kappa shape index (κ2) is 7.70. The van der Waals surface area contributed by atoms with Crippen LogP contribution in [0.15, 0.2) is 34.2 Å². The van der Waals surface area contributed by atoms with E-state index in [1.165, 1.54) is 11.3 Å². The summed E-state index contributed by atoms with van der Waals surface area (Å²) in [6, 6.07) is 7.81. The van der Waals surface area contributed by atoms with Gasteiger partial charge < -0.3 is 19.4 Å². The van der Waals surface area contributed by atoms with Crippen LogP contribution in [-0.4, -0.2) is 42.0 Å². The lowest BCUT2D eigenvalue weighted by molar-refractivity contribution is 0.0696. The molecule has 1 N–H and O–H groups in total. The van der Waals surface area contributed by atoms with Crippen molar-refractivity contribution in [2.75, 3.05) is 20.1 Å². The number of amides is 1. The third kappa shape index (κ3) is 3.57. The molecule has 1 amide bonds. The molecule has 0 unspecified atom stereocenters. The van der Waals surface area contributed by atoms with E-state index in [2.05, 4.69) is 10.3 Å². The summed E-state index contributed by atoms with van der Waals surface area (Å²) in [7, 11) is 1.87. The molecule has 0 radical (unpaired) electrons. The Hall–Kier alpha value is -2.38. The SMILES string of the molecule is Cc1ncsc1COc1oc2ccccc2c1C(=O)N(C)C1CCNCC1. The number of carbonyl (C=O) groups is 1. The molecule has 1 saturated heterocycles. The van der Waals surface area contributed by atoms with E-state index < -0.39 is 0 Å². The summed E-state index contributed by atoms with van der Waals surface area (Å²) < 4.78 is 11.8. The number of fused-ring (bicyclic) bond motifs is 1. The van der Waals surface area contributed by atoms with Crippen LogP contribution in [0.25, 0.3) is 11.0 Å². The molecule has 0 saturated carbocycles. The normalized spacial score (nSPS) is 15.2. The van der Waals surface area contributed by atoms with Crippen LogP contribution in [0, 0.1) is 6.92 Å². The predicted molar refractivity (Wildman–Crippen MR) is 105 cm³/mol. The average Bonchev–Trinajstić information content (AvgIpc) is 3.28. The van der Waals surface area contributed by atoms with E-state index in [1.807, 2.05) is 43.1 Å². The fourth-order valence-electron chi connectivity index (χ4n) is 3.46. The molecule has 3 aromatic rings. The Bertz CT molecular complexity index is 943. The van der Waals surface area contributed by atoms with Gasteiger partial charge in [-0.3, -0.25) is 4.79 Å². The molecule has 3 heterocycles. The number of nitrogens with one attached hydrogen (secondary N) is 1. The van der Waals surface area contributed by atoms with Crippen LogP contribution in [-0.2, 0) is 6.61 Å². The molecule has 6 nitrogen and oxygen atoms in total. The van der Waals surface area contributed by atoms with Gasteiger partial charge in [-0.25, -0.2) is 4.98 Å². The van der Waals surface area contributed by atoms with E-state index in [0.29, 0.717) is 17.8 Å². The molecular weight excluding hydrogens is 362 g/mol. The third-order valence-corrected chi connectivity index (χ3v) is 6.04. The van der Waals surface area contributed by atoms with Crippen LogP contribution in [0.4, 0.5) is 0 Å². The van der Waals surface area contributed by atoms with Gasteiger partial charge in [0.05, 0.1) is 16.1 Å². The average molecular weight is 385 g/mol. The van der Waals surface area contributed by atoms with Crippen molar-refractivity contribution in [1.29, 1.82) is 0 Å². The molecule has 0 spiro atoms. The highest BCUT2D eigenvalue weighted by Gasteiger charge is 2.29. The summed E-state index contributed by atoms with van der Waals surface area (Å²) >= 11 is 1.54. The fraction of sp³-hybridized carbons (Fsp3) is 0.400. The Morgan fingerprint density at radius 1 is 1.37 bits per heavy atom. The topological polar surface area (TPSA) is 67.6 Å². The van der Waals surface area contributed by atoms with Crippen LogP contribution >= 0.6 is 11.3 Å². The minimum atomic E-state index is -0.0529. The second-order valence-electron chi connectivity index (χ2n) is 6.81. The molecular formula is C20H23N3O3S. The molecule has 1 aliphatic rings. The van der Waals surface area contributed by atoms with E-state index in [0.717, 1.165) is 41.9 Å². The summed E-state index contributed by atoms with van der Waals surface area (Å²) in [6.07, 6.45) is 1.91. The van der Waals surface area contributed by atoms with E-state index in [-0.39, 0.29) is 17.9 Å². The molecule has 1 fully saturated rings. The van der Waals surface area contributed by atoms with Crippen molar-refractivity contribution in [2.45, 2.75) is 32.4 Å². The fourth-order valence-corrected chi connectivity index (χ4v) is 4.15. The molecule has 1 aliphatic heterocycles. The van der Waals surface area contributed by atoms with E-state index in [9.17, 15) is 4.79 Å². The molecule has 0 aliphatic carbocycles. The minimum absolute atomic E-state index is 0.0529. The number of hydrogen-bond acceptors (Lipinski definition) is 6. The molecule has 4 rings (SSSR count). The van der Waals surface area contributed by atoms with Gasteiger partial charge in [-0.15, -0.1) is 11.3 Å². The van der Waals surface area contributed by atoms with Crippen molar-refractivity contribution < 1.29 is 13.9 Å². The van der Waals surface area contributed by atoms with Crippen molar-refractivity contribution in [3.63, 3.8) is 0 Å². The molecule has 7 heteroatoms. The Kier molecular flexibility index (Phi) is 5.13. The van der Waals surface area contributed by atoms with Gasteiger partial charge in [-0.1, -0.05) is 18.2 Å². The van der Waals surface area contributed by atoms with Crippen LogP contribution in [0.3, 0.4) is 0 Å². The first-order valence-electron chi connectivity index (χ1n) is 9.16. The Morgan fingerprint density at radius 3 is 2.89 bits per heavy atom. The number of furan rings is 1. The lowest BCUT2D eigenvalue weighted by atomic mass is 10.0. The number of piperidine rings is 1. The van der Waals surface area contributed by atoms with Crippen molar-refractivity contribution >= 4 is 28.2 Å². The van der Waals surface area contributed by atoms with Gasteiger partial charge in [0.25, 0.3) is 11.9 Å². The summed E-state index contributed by atoms with van der Waals surface area (Å²) in [4.78, 5) is 20.4. The lowest BCUT2D eigenvalue weighted by Crippen LogP contribution is -2.44. The predicted octanol–water partition coefficient (Wildman–Crippen LogP) is 3.60. The zero-order chi connectivity index (χ0) is 18.8. The number of hydrogen-bond donors (Lipinski definition) is 1. The van der Waals surface area contributed by atoms with Crippen molar-refractivity contribution in [2.24, 2.45) is 0 Å². The lowest BCUT2D eigenvalue weighted by Gasteiger charge is -2.31. The first-order valence-corrected chi connectivity index (χ1v) is 10.0. The van der Waals surface area contributed by atoms with Crippen LogP contribution < -0.4 is 10.1 Å². The van der Waals surface area contributed by atoms with Gasteiger partial charge in [0.15, 0.2) is 0 Å². The number of ether oxygens (including phenoxy) is 1. The number of thiazole rings is 1. The largest absolute Gasteiger partial charge is 0.459 e. The summed E-state index contributed by atoms with van der Waals surface area (Å²) in [5, 5.41) is 4.13. The van der Waals surface area contributed by atoms with Gasteiger partial charge in [-0.05, 0) is 38.9 Å². The molecule has 0 bridgehead atoms. The van der Waals surface area contributed by atoms with Crippen LogP contribution in [0.1, 0.15) is 33.8 Å². The van der Waals surface area contributed by atoms with Gasteiger partial charge in [-0.2, -0.15) is 0 Å². The quantitative estimate of drug-likeness (QED) is 0.727. The molecule has 27 heavy (non-hydrogen) atoms. The van der Waals surface area contributed by atoms with Crippen LogP contribution in [0.5, 0.6) is 5.95 Å². The van der Waals surface area contributed by atoms with E-state index in [4.69, 9.17) is 9.15 Å². The van der Waals surface area contributed by atoms with Gasteiger partial charge in [0.2, 0.25) is 0 Å². The highest BCUT2D eigenvalue weighted by molar-refractivity contribution is 7.09. The van der Waals surface area contributed by atoms with Crippen molar-refractivity contribution in [3.05, 3.63) is 45.9 Å². The minimum Gasteiger partial charge on any atom is -0.459 e. The highest BCUT2D eigenvalue weighted by atomic mass is 32.1. The highest BCUT2D eigenvalue weighted by Crippen LogP contribution is 2.34. The molecule has 1 aromatic carbocycles. The maximum Gasteiger partial charge on any atom is 0.299 e. The summed E-state index contributed by atoms with van der Waals surface area (Å²) in [5.74, 6) is 0.234. The number of carbonyl (C=O) groups excluding carboxylic acids is 1. The first-order chi connectivity index (χ1) is 13.1. The third-order valence-electron chi connectivity index (χ3n) is 5.13. The van der Waals surface area contributed by atoms with Crippen molar-refractivity contribution in [1.82, 2.24) is 15.2 Å². The number of rotatable bonds is 5. The number of benzene rings is 1. The van der Waals surface area contributed by atoms with Gasteiger partial charge in [0, 0.05) is 18.5 Å². The standard InChI is InChI=1S/C20H23N3O3S/c1-13-17(27-12-22-13)11-25-20-18(15-5-3-4-6-16(15)26-20)19(24)23(2)14-7-9-21-10-8-14/h3-6,12,14,21H,7-11H2,1-2H3. The molecule has 2 aromatic heterocycles. The number of nitrogens with zero attached hydrogens (tertiary/aromatic N) is 2. The van der Waals surface area contributed by atoms with Crippen LogP contribution in [0.2, 0.25) is 0 Å². The van der Waals surface area contributed by atoms with Gasteiger partial charge >= 0.3 is 0 Å². The molecule has 0 atom stereocenters. The summed E-state index contributed by atoms with van der Waals surface area (Å²) in [6.45, 7) is 4.16. The zero-order valence-corrected chi connectivity index (χ0v) is 16.3. The monoisotopic (exact) mass is 385 g/mol. The van der Waals surface area contributed by atoms with E-state index >= 15 is 0 Å². The van der Waals surface area contributed by atoms with Gasteiger partial charge in [0.1, 0.15) is 17.8 Å². The smallest absolute Gasteiger partial charge is 0.299 e. The number of para-hydroxylation sites is 1. The summed E-state index contributed by atoms with van der Waals surface area (Å²) in [5.41, 5.74) is 3.91. The van der Waals surface area contributed by atoms with E-state index in [1.54, 1.807) is 5.51 Å². The molecule has 142 valence electrons. The Labute approximate surface area is 162 Å². The first kappa shape index (κ1) is 18.0. The maximum absolute atomic E-state index is 13.3. The zero-order valence-electron chi connectivity index (χ0n) is 15.5.